The third-order valence-electron chi connectivity index (χ3n) is 1.23. The van der Waals surface area contributed by atoms with Crippen LogP contribution in [0.15, 0.2) is 23.3 Å². The fourth-order valence-electron chi connectivity index (χ4n) is 0.749. The van der Waals surface area contributed by atoms with E-state index in [1.165, 1.54) is 18.5 Å². The Labute approximate surface area is 73.6 Å². The molecule has 0 aliphatic heterocycles. The molecule has 0 aromatic carbocycles. The molecule has 0 atom stereocenters. The summed E-state index contributed by atoms with van der Waals surface area (Å²) in [6.07, 6.45) is 2.74. The van der Waals surface area contributed by atoms with E-state index >= 15 is 0 Å². The van der Waals surface area contributed by atoms with E-state index < -0.39 is 14.8 Å². The van der Waals surface area contributed by atoms with E-state index in [-0.39, 0.29) is 11.0 Å². The van der Waals surface area contributed by atoms with Gasteiger partial charge in [-0.05, 0) is 0 Å². The number of rotatable bonds is 2. The number of pyridine rings is 1. The van der Waals surface area contributed by atoms with Crippen molar-refractivity contribution in [1.82, 2.24) is 4.98 Å². The van der Waals surface area contributed by atoms with Gasteiger partial charge in [0.2, 0.25) is 9.05 Å². The fraction of sp³-hybridized carbons (Fsp3) is 0.167. The zero-order valence-corrected chi connectivity index (χ0v) is 7.52. The number of halogens is 1. The van der Waals surface area contributed by atoms with Crippen molar-refractivity contribution in [3.8, 4) is 0 Å². The number of H-pyrrole nitrogens is 1. The van der Waals surface area contributed by atoms with Gasteiger partial charge in [0.1, 0.15) is 0 Å². The summed E-state index contributed by atoms with van der Waals surface area (Å²) in [6.45, 7) is 0. The van der Waals surface area contributed by atoms with E-state index in [0.29, 0.717) is 0 Å². The third-order valence-corrected chi connectivity index (χ3v) is 2.22. The molecule has 6 heteroatoms. The normalized spacial score (nSPS) is 11.4. The highest BCUT2D eigenvalue weighted by atomic mass is 35.7. The molecule has 1 aromatic heterocycles. The van der Waals surface area contributed by atoms with Crippen molar-refractivity contribution in [2.24, 2.45) is 0 Å². The van der Waals surface area contributed by atoms with E-state index in [9.17, 15) is 13.2 Å². The maximum Gasteiger partial charge on any atom is 0.236 e. The molecule has 0 saturated heterocycles. The highest BCUT2D eigenvalue weighted by Crippen LogP contribution is 2.03. The Kier molecular flexibility index (Phi) is 2.54. The van der Waals surface area contributed by atoms with Crippen molar-refractivity contribution in [2.75, 3.05) is 0 Å². The predicted octanol–water partition coefficient (Wildman–Crippen LogP) is 0.444. The molecule has 0 saturated carbocycles. The first kappa shape index (κ1) is 9.28. The average molecular weight is 208 g/mol. The molecule has 66 valence electrons. The van der Waals surface area contributed by atoms with Crippen molar-refractivity contribution in [3.63, 3.8) is 0 Å². The van der Waals surface area contributed by atoms with E-state index in [4.69, 9.17) is 10.7 Å². The maximum atomic E-state index is 11.0. The number of nitrogens with one attached hydrogen (secondary N) is 1. The second-order valence-electron chi connectivity index (χ2n) is 2.22. The highest BCUT2D eigenvalue weighted by molar-refractivity contribution is 8.13. The smallest absolute Gasteiger partial charge is 0.236 e. The van der Waals surface area contributed by atoms with Gasteiger partial charge < -0.3 is 4.98 Å². The van der Waals surface area contributed by atoms with Gasteiger partial charge in [-0.25, -0.2) is 8.42 Å². The standard InChI is InChI=1S/C6H6ClNO3S/c7-12(10,11)4-5-3-8-2-1-6(5)9/h1-3H,4H2,(H,8,9). The van der Waals surface area contributed by atoms with E-state index in [1.807, 2.05) is 0 Å². The summed E-state index contributed by atoms with van der Waals surface area (Å²) in [5.41, 5.74) is -0.189. The molecule has 0 aliphatic carbocycles. The molecule has 12 heavy (non-hydrogen) atoms. The van der Waals surface area contributed by atoms with Crippen LogP contribution >= 0.6 is 10.7 Å². The van der Waals surface area contributed by atoms with Crippen LogP contribution in [0.5, 0.6) is 0 Å². The van der Waals surface area contributed by atoms with Crippen LogP contribution in [0.4, 0.5) is 0 Å². The quantitative estimate of drug-likeness (QED) is 0.716. The molecule has 0 spiro atoms. The lowest BCUT2D eigenvalue weighted by atomic mass is 10.3. The Bertz CT molecular complexity index is 422. The van der Waals surface area contributed by atoms with Crippen LogP contribution in [0.3, 0.4) is 0 Å². The topological polar surface area (TPSA) is 67.0 Å². The summed E-state index contributed by atoms with van der Waals surface area (Å²) < 4.78 is 21.1. The first-order chi connectivity index (χ1) is 5.49. The minimum Gasteiger partial charge on any atom is -0.367 e. The lowest BCUT2D eigenvalue weighted by molar-refractivity contribution is 0.608. The fourth-order valence-corrected chi connectivity index (χ4v) is 1.70. The minimum atomic E-state index is -3.65. The van der Waals surface area contributed by atoms with Crippen LogP contribution < -0.4 is 5.43 Å². The maximum absolute atomic E-state index is 11.0. The molecule has 0 unspecified atom stereocenters. The molecule has 0 radical (unpaired) electrons. The Balaban J connectivity index is 3.07. The van der Waals surface area contributed by atoms with Gasteiger partial charge in [-0.15, -0.1) is 0 Å². The largest absolute Gasteiger partial charge is 0.367 e. The lowest BCUT2D eigenvalue weighted by Gasteiger charge is -1.94. The van der Waals surface area contributed by atoms with Gasteiger partial charge in [0, 0.05) is 34.7 Å². The Morgan fingerprint density at radius 2 is 2.17 bits per heavy atom. The van der Waals surface area contributed by atoms with Gasteiger partial charge in [-0.3, -0.25) is 4.79 Å². The first-order valence-corrected chi connectivity index (χ1v) is 5.55. The summed E-state index contributed by atoms with van der Waals surface area (Å²) in [7, 11) is 1.31. The Morgan fingerprint density at radius 3 is 2.67 bits per heavy atom. The van der Waals surface area contributed by atoms with Crippen LogP contribution in [-0.4, -0.2) is 13.4 Å². The molecule has 4 nitrogen and oxygen atoms in total. The van der Waals surface area contributed by atoms with Gasteiger partial charge in [-0.2, -0.15) is 0 Å². The van der Waals surface area contributed by atoms with E-state index in [0.717, 1.165) is 0 Å². The molecular formula is C6H6ClNO3S. The number of aromatic nitrogens is 1. The molecule has 0 amide bonds. The number of aromatic amines is 1. The molecule has 1 rings (SSSR count). The predicted molar refractivity (Wildman–Crippen MR) is 45.5 cm³/mol. The summed E-state index contributed by atoms with van der Waals surface area (Å²) in [4.78, 5) is 13.6. The highest BCUT2D eigenvalue weighted by Gasteiger charge is 2.08. The van der Waals surface area contributed by atoms with Crippen LogP contribution in [0.2, 0.25) is 0 Å². The molecule has 1 heterocycles. The van der Waals surface area contributed by atoms with Crippen molar-refractivity contribution in [3.05, 3.63) is 34.2 Å². The Hall–Kier alpha value is -0.810. The molecule has 0 bridgehead atoms. The van der Waals surface area contributed by atoms with Gasteiger partial charge in [0.25, 0.3) is 0 Å². The zero-order valence-electron chi connectivity index (χ0n) is 5.95. The summed E-state index contributed by atoms with van der Waals surface area (Å²) >= 11 is 0. The molecule has 0 aliphatic rings. The van der Waals surface area contributed by atoms with Crippen molar-refractivity contribution in [2.45, 2.75) is 5.75 Å². The Morgan fingerprint density at radius 1 is 1.50 bits per heavy atom. The zero-order chi connectivity index (χ0) is 9.19. The van der Waals surface area contributed by atoms with Gasteiger partial charge in [-0.1, -0.05) is 0 Å². The van der Waals surface area contributed by atoms with Crippen molar-refractivity contribution >= 4 is 19.7 Å². The summed E-state index contributed by atoms with van der Waals surface area (Å²) in [5, 5.41) is 0. The van der Waals surface area contributed by atoms with Crippen LogP contribution in [0.1, 0.15) is 5.56 Å². The number of hydrogen-bond acceptors (Lipinski definition) is 3. The second-order valence-corrected chi connectivity index (χ2v) is 4.99. The SMILES string of the molecule is O=c1cc[nH]cc1CS(=O)(=O)Cl. The summed E-state index contributed by atoms with van der Waals surface area (Å²) in [6, 6.07) is 1.25. The monoisotopic (exact) mass is 207 g/mol. The second kappa shape index (κ2) is 3.28. The lowest BCUT2D eigenvalue weighted by Crippen LogP contribution is -2.10. The van der Waals surface area contributed by atoms with Crippen molar-refractivity contribution in [1.29, 1.82) is 0 Å². The average Bonchev–Trinajstić information content (AvgIpc) is 1.91. The minimum absolute atomic E-state index is 0.146. The molecule has 0 fully saturated rings. The van der Waals surface area contributed by atoms with Gasteiger partial charge >= 0.3 is 0 Å². The number of hydrogen-bond donors (Lipinski definition) is 1. The van der Waals surface area contributed by atoms with Crippen LogP contribution in [0, 0.1) is 0 Å². The van der Waals surface area contributed by atoms with Crippen molar-refractivity contribution < 1.29 is 8.42 Å². The molecular weight excluding hydrogens is 202 g/mol. The molecule has 1 N–H and O–H groups in total. The first-order valence-electron chi connectivity index (χ1n) is 3.07. The van der Waals surface area contributed by atoms with E-state index in [2.05, 4.69) is 4.98 Å². The molecule has 1 aromatic rings. The third kappa shape index (κ3) is 2.67. The van der Waals surface area contributed by atoms with E-state index in [1.54, 1.807) is 0 Å². The van der Waals surface area contributed by atoms with Crippen LogP contribution in [0.25, 0.3) is 0 Å². The van der Waals surface area contributed by atoms with Crippen LogP contribution in [-0.2, 0) is 14.8 Å². The summed E-state index contributed by atoms with van der Waals surface area (Å²) in [5.74, 6) is -0.440. The van der Waals surface area contributed by atoms with Gasteiger partial charge in [0.15, 0.2) is 5.43 Å². The van der Waals surface area contributed by atoms with Gasteiger partial charge in [0.05, 0.1) is 5.75 Å².